The van der Waals surface area contributed by atoms with Crippen LogP contribution in [-0.2, 0) is 5.54 Å². The van der Waals surface area contributed by atoms with Crippen LogP contribution >= 0.6 is 0 Å². The molecule has 0 radical (unpaired) electrons. The third-order valence-corrected chi connectivity index (χ3v) is 9.01. The molecule has 5 unspecified atom stereocenters. The second kappa shape index (κ2) is 11.3. The van der Waals surface area contributed by atoms with Crippen LogP contribution in [0.5, 0.6) is 0 Å². The number of rotatable bonds is 9. The van der Waals surface area contributed by atoms with Gasteiger partial charge >= 0.3 is 0 Å². The Hall–Kier alpha value is -3.47. The molecule has 9 nitrogen and oxygen atoms in total. The van der Waals surface area contributed by atoms with Gasteiger partial charge in [0.15, 0.2) is 5.82 Å². The molecule has 0 spiro atoms. The van der Waals surface area contributed by atoms with E-state index in [4.69, 9.17) is 11.0 Å². The van der Waals surface area contributed by atoms with Crippen LogP contribution < -0.4 is 11.1 Å². The lowest BCUT2D eigenvalue weighted by atomic mass is 9.78. The number of halogens is 1. The van der Waals surface area contributed by atoms with Crippen LogP contribution in [-0.4, -0.2) is 57.7 Å². The standard InChI is InChI=1S/C29H36FN7O2/c30-25-18-36(16-19-6-8-21(9-7-19)20-4-2-1-3-5-20)13-11-29(25,10-12-31)37-17-24(26(33)38)27(35-37)34-28(39)23-14-22(23)15-32/h1-5,17,19,21-23,25,28,39H,6-11,13-14,16,18H2,(H2,33,38)(H,34,35). The molecule has 1 aromatic carbocycles. The molecule has 2 heterocycles. The van der Waals surface area contributed by atoms with Crippen molar-refractivity contribution in [2.75, 3.05) is 25.0 Å². The molecule has 2 aromatic rings. The first-order chi connectivity index (χ1) is 18.8. The minimum absolute atomic E-state index is 0.0188. The minimum Gasteiger partial charge on any atom is -0.373 e. The van der Waals surface area contributed by atoms with Gasteiger partial charge in [-0.15, -0.1) is 0 Å². The third kappa shape index (κ3) is 5.63. The van der Waals surface area contributed by atoms with Gasteiger partial charge in [0.25, 0.3) is 5.91 Å². The number of hydrogen-bond donors (Lipinski definition) is 3. The monoisotopic (exact) mass is 533 g/mol. The van der Waals surface area contributed by atoms with Gasteiger partial charge < -0.3 is 16.2 Å². The van der Waals surface area contributed by atoms with Crippen molar-refractivity contribution in [3.05, 3.63) is 47.7 Å². The quantitative estimate of drug-likeness (QED) is 0.419. The predicted molar refractivity (Wildman–Crippen MR) is 143 cm³/mol. The van der Waals surface area contributed by atoms with Gasteiger partial charge in [-0.3, -0.25) is 14.4 Å². The van der Waals surface area contributed by atoms with E-state index in [0.717, 1.165) is 32.2 Å². The molecule has 39 heavy (non-hydrogen) atoms. The lowest BCUT2D eigenvalue weighted by molar-refractivity contribution is 0.00214. The average Bonchev–Trinajstić information content (AvgIpc) is 3.62. The third-order valence-electron chi connectivity index (χ3n) is 9.01. The van der Waals surface area contributed by atoms with Crippen LogP contribution in [0.25, 0.3) is 0 Å². The lowest BCUT2D eigenvalue weighted by Gasteiger charge is -2.44. The van der Waals surface area contributed by atoms with E-state index in [1.165, 1.54) is 16.4 Å². The first-order valence-electron chi connectivity index (χ1n) is 13.9. The maximum absolute atomic E-state index is 16.0. The Kier molecular flexibility index (Phi) is 7.88. The number of aliphatic hydroxyl groups excluding tert-OH is 1. The molecule has 3 aliphatic rings. The highest BCUT2D eigenvalue weighted by Gasteiger charge is 2.48. The summed E-state index contributed by atoms with van der Waals surface area (Å²) in [5.41, 5.74) is 5.75. The highest BCUT2D eigenvalue weighted by atomic mass is 19.1. The molecule has 1 amide bonds. The number of amides is 1. The van der Waals surface area contributed by atoms with E-state index in [-0.39, 0.29) is 36.2 Å². The largest absolute Gasteiger partial charge is 0.373 e. The molecule has 5 atom stereocenters. The Morgan fingerprint density at radius 3 is 2.62 bits per heavy atom. The second-order valence-electron chi connectivity index (χ2n) is 11.5. The number of benzene rings is 1. The van der Waals surface area contributed by atoms with Crippen LogP contribution in [0.3, 0.4) is 0 Å². The molecular weight excluding hydrogens is 497 g/mol. The van der Waals surface area contributed by atoms with Gasteiger partial charge in [-0.2, -0.15) is 15.6 Å². The highest BCUT2D eigenvalue weighted by molar-refractivity contribution is 5.97. The number of piperidine rings is 1. The van der Waals surface area contributed by atoms with Crippen molar-refractivity contribution in [3.8, 4) is 12.1 Å². The first-order valence-corrected chi connectivity index (χ1v) is 13.9. The van der Waals surface area contributed by atoms with Crippen LogP contribution in [0.4, 0.5) is 10.2 Å². The predicted octanol–water partition coefficient (Wildman–Crippen LogP) is 3.50. The summed E-state index contributed by atoms with van der Waals surface area (Å²) < 4.78 is 17.4. The van der Waals surface area contributed by atoms with Crippen LogP contribution in [0.15, 0.2) is 36.5 Å². The van der Waals surface area contributed by atoms with E-state index >= 15 is 4.39 Å². The summed E-state index contributed by atoms with van der Waals surface area (Å²) in [5, 5.41) is 36.4. The molecule has 2 saturated carbocycles. The second-order valence-corrected chi connectivity index (χ2v) is 11.5. The summed E-state index contributed by atoms with van der Waals surface area (Å²) in [5.74, 6) is -0.148. The van der Waals surface area contributed by atoms with Crippen LogP contribution in [0.1, 0.15) is 66.8 Å². The number of carbonyl (C=O) groups excluding carboxylic acids is 1. The summed E-state index contributed by atoms with van der Waals surface area (Å²) in [7, 11) is 0. The molecule has 3 fully saturated rings. The zero-order valence-electron chi connectivity index (χ0n) is 22.0. The average molecular weight is 534 g/mol. The molecule has 4 N–H and O–H groups in total. The topological polar surface area (TPSA) is 144 Å². The maximum Gasteiger partial charge on any atom is 0.254 e. The summed E-state index contributed by atoms with van der Waals surface area (Å²) in [6.07, 6.45) is 4.24. The minimum atomic E-state index is -1.38. The van der Waals surface area contributed by atoms with E-state index in [1.54, 1.807) is 0 Å². The van der Waals surface area contributed by atoms with Crippen LogP contribution in [0, 0.1) is 40.4 Å². The number of nitrogens with one attached hydrogen (secondary N) is 1. The Bertz CT molecular complexity index is 1250. The first kappa shape index (κ1) is 27.1. The number of nitrogens with zero attached hydrogens (tertiary/aromatic N) is 5. The van der Waals surface area contributed by atoms with Gasteiger partial charge in [-0.1, -0.05) is 30.3 Å². The SMILES string of the molecule is N#CCC1(n2cc(C(N)=O)c(NC(O)C3CC3C#N)n2)CCN(CC2CCC(c3ccccc3)CC2)CC1F. The number of carbonyl (C=O) groups is 1. The number of aliphatic hydroxyl groups is 1. The summed E-state index contributed by atoms with van der Waals surface area (Å²) in [6.45, 7) is 1.63. The fourth-order valence-electron chi connectivity index (χ4n) is 6.45. The number of primary amides is 1. The molecule has 1 aliphatic heterocycles. The number of alkyl halides is 1. The van der Waals surface area contributed by atoms with E-state index in [1.807, 2.05) is 6.07 Å². The lowest BCUT2D eigenvalue weighted by Crippen LogP contribution is -2.55. The van der Waals surface area contributed by atoms with E-state index < -0.39 is 23.8 Å². The number of likely N-dealkylation sites (tertiary alicyclic amines) is 1. The Labute approximate surface area is 228 Å². The van der Waals surface area contributed by atoms with Gasteiger partial charge in [-0.25, -0.2) is 4.39 Å². The molecular formula is C29H36FN7O2. The summed E-state index contributed by atoms with van der Waals surface area (Å²) in [4.78, 5) is 14.3. The maximum atomic E-state index is 16.0. The normalized spacial score (nSPS) is 31.5. The molecule has 10 heteroatoms. The fourth-order valence-corrected chi connectivity index (χ4v) is 6.45. The number of nitriles is 2. The van der Waals surface area contributed by atoms with E-state index in [9.17, 15) is 15.2 Å². The van der Waals surface area contributed by atoms with Crippen molar-refractivity contribution >= 4 is 11.7 Å². The van der Waals surface area contributed by atoms with Crippen molar-refractivity contribution in [2.45, 2.75) is 68.8 Å². The number of anilines is 1. The van der Waals surface area contributed by atoms with Gasteiger partial charge in [0.2, 0.25) is 0 Å². The highest BCUT2D eigenvalue weighted by Crippen LogP contribution is 2.42. The smallest absolute Gasteiger partial charge is 0.254 e. The van der Waals surface area contributed by atoms with Crippen molar-refractivity contribution in [2.24, 2.45) is 23.5 Å². The zero-order chi connectivity index (χ0) is 27.6. The van der Waals surface area contributed by atoms with Gasteiger partial charge in [0, 0.05) is 31.7 Å². The zero-order valence-corrected chi connectivity index (χ0v) is 22.0. The van der Waals surface area contributed by atoms with Crippen LogP contribution in [0.2, 0.25) is 0 Å². The van der Waals surface area contributed by atoms with E-state index in [0.29, 0.717) is 31.2 Å². The Morgan fingerprint density at radius 1 is 1.26 bits per heavy atom. The van der Waals surface area contributed by atoms with Crippen molar-refractivity contribution < 1.29 is 14.3 Å². The number of hydrogen-bond acceptors (Lipinski definition) is 7. The summed E-state index contributed by atoms with van der Waals surface area (Å²) in [6, 6.07) is 14.9. The van der Waals surface area contributed by atoms with Crippen molar-refractivity contribution in [1.29, 1.82) is 10.5 Å². The summed E-state index contributed by atoms with van der Waals surface area (Å²) >= 11 is 0. The Balaban J connectivity index is 1.24. The van der Waals surface area contributed by atoms with E-state index in [2.05, 4.69) is 51.7 Å². The van der Waals surface area contributed by atoms with Gasteiger partial charge in [0.1, 0.15) is 23.5 Å². The molecule has 206 valence electrons. The van der Waals surface area contributed by atoms with Crippen molar-refractivity contribution in [1.82, 2.24) is 14.7 Å². The molecule has 5 rings (SSSR count). The Morgan fingerprint density at radius 2 is 2.00 bits per heavy atom. The molecule has 0 bridgehead atoms. The van der Waals surface area contributed by atoms with Gasteiger partial charge in [0.05, 0.1) is 24.5 Å². The number of aromatic nitrogens is 2. The number of nitrogens with two attached hydrogens (primary N) is 1. The van der Waals surface area contributed by atoms with Gasteiger partial charge in [-0.05, 0) is 55.9 Å². The van der Waals surface area contributed by atoms with Crippen molar-refractivity contribution in [3.63, 3.8) is 0 Å². The fraction of sp³-hybridized carbons (Fsp3) is 0.586. The molecule has 1 aromatic heterocycles. The molecule has 2 aliphatic carbocycles. The molecule has 1 saturated heterocycles.